The fourth-order valence-electron chi connectivity index (χ4n) is 2.57. The summed E-state index contributed by atoms with van der Waals surface area (Å²) in [6.45, 7) is 3.88. The van der Waals surface area contributed by atoms with Crippen LogP contribution in [0, 0.1) is 6.92 Å². The summed E-state index contributed by atoms with van der Waals surface area (Å²) < 4.78 is 0. The van der Waals surface area contributed by atoms with Crippen LogP contribution in [-0.2, 0) is 0 Å². The van der Waals surface area contributed by atoms with Gasteiger partial charge < -0.3 is 10.2 Å². The van der Waals surface area contributed by atoms with Crippen molar-refractivity contribution in [2.45, 2.75) is 26.2 Å². The van der Waals surface area contributed by atoms with Gasteiger partial charge in [-0.3, -0.25) is 4.79 Å². The molecule has 1 amide bonds. The number of hydrogen-bond donors (Lipinski definition) is 1. The van der Waals surface area contributed by atoms with Crippen molar-refractivity contribution in [1.82, 2.24) is 9.97 Å². The lowest BCUT2D eigenvalue weighted by Crippen LogP contribution is -2.31. The van der Waals surface area contributed by atoms with Gasteiger partial charge in [0.25, 0.3) is 5.91 Å². The highest BCUT2D eigenvalue weighted by atomic mass is 35.5. The van der Waals surface area contributed by atoms with E-state index in [1.165, 1.54) is 19.3 Å². The first kappa shape index (κ1) is 15.7. The van der Waals surface area contributed by atoms with Crippen LogP contribution in [0.4, 0.5) is 11.6 Å². The van der Waals surface area contributed by atoms with Gasteiger partial charge in [0.05, 0.1) is 5.56 Å². The summed E-state index contributed by atoms with van der Waals surface area (Å²) in [5.41, 5.74) is 2.06. The maximum Gasteiger partial charge on any atom is 0.258 e. The lowest BCUT2D eigenvalue weighted by molar-refractivity contribution is 0.102. The number of aromatic nitrogens is 2. The summed E-state index contributed by atoms with van der Waals surface area (Å²) >= 11 is 6.07. The number of carbonyl (C=O) groups excluding carboxylic acids is 1. The Labute approximate surface area is 140 Å². The molecule has 0 spiro atoms. The van der Waals surface area contributed by atoms with Crippen LogP contribution in [0.5, 0.6) is 0 Å². The standard InChI is InChI=1S/C17H19ClN4O/c1-12-5-6-14(9-15(12)18)21-16(23)13-10-19-17(20-11-13)22-7-3-2-4-8-22/h5-6,9-11H,2-4,7-8H2,1H3,(H,21,23). The van der Waals surface area contributed by atoms with E-state index in [-0.39, 0.29) is 5.91 Å². The summed E-state index contributed by atoms with van der Waals surface area (Å²) in [5, 5.41) is 3.43. The highest BCUT2D eigenvalue weighted by Crippen LogP contribution is 2.20. The Balaban J connectivity index is 1.68. The molecule has 6 heteroatoms. The van der Waals surface area contributed by atoms with Gasteiger partial charge in [-0.2, -0.15) is 0 Å². The first-order valence-electron chi connectivity index (χ1n) is 7.78. The van der Waals surface area contributed by atoms with E-state index in [1.54, 1.807) is 18.5 Å². The van der Waals surface area contributed by atoms with Crippen LogP contribution in [0.2, 0.25) is 5.02 Å². The van der Waals surface area contributed by atoms with E-state index in [0.717, 1.165) is 18.7 Å². The molecular formula is C17H19ClN4O. The molecule has 0 saturated carbocycles. The van der Waals surface area contributed by atoms with Gasteiger partial charge in [0.1, 0.15) is 0 Å². The number of anilines is 2. The van der Waals surface area contributed by atoms with Gasteiger partial charge in [0.15, 0.2) is 0 Å². The third-order valence-corrected chi connectivity index (χ3v) is 4.38. The molecule has 0 atom stereocenters. The second kappa shape index (κ2) is 6.96. The molecule has 0 bridgehead atoms. The van der Waals surface area contributed by atoms with Crippen LogP contribution in [0.15, 0.2) is 30.6 Å². The van der Waals surface area contributed by atoms with Crippen molar-refractivity contribution in [1.29, 1.82) is 0 Å². The summed E-state index contributed by atoms with van der Waals surface area (Å²) in [7, 11) is 0. The number of halogens is 1. The van der Waals surface area contributed by atoms with E-state index in [1.807, 2.05) is 19.1 Å². The predicted molar refractivity (Wildman–Crippen MR) is 92.2 cm³/mol. The van der Waals surface area contributed by atoms with E-state index in [9.17, 15) is 4.79 Å². The van der Waals surface area contributed by atoms with E-state index in [2.05, 4.69) is 20.2 Å². The Morgan fingerprint density at radius 2 is 1.87 bits per heavy atom. The lowest BCUT2D eigenvalue weighted by Gasteiger charge is -2.26. The molecule has 1 N–H and O–H groups in total. The van der Waals surface area contributed by atoms with Crippen molar-refractivity contribution in [3.63, 3.8) is 0 Å². The molecule has 23 heavy (non-hydrogen) atoms. The number of nitrogens with zero attached hydrogens (tertiary/aromatic N) is 3. The zero-order valence-electron chi connectivity index (χ0n) is 13.1. The Morgan fingerprint density at radius 3 is 2.52 bits per heavy atom. The minimum absolute atomic E-state index is 0.241. The molecule has 1 aromatic heterocycles. The first-order chi connectivity index (χ1) is 11.1. The molecule has 1 saturated heterocycles. The van der Waals surface area contributed by atoms with E-state index >= 15 is 0 Å². The Kier molecular flexibility index (Phi) is 4.76. The van der Waals surface area contributed by atoms with Crippen molar-refractivity contribution < 1.29 is 4.79 Å². The molecule has 5 nitrogen and oxygen atoms in total. The zero-order chi connectivity index (χ0) is 16.2. The van der Waals surface area contributed by atoms with E-state index < -0.39 is 0 Å². The molecule has 0 aliphatic carbocycles. The van der Waals surface area contributed by atoms with Crippen LogP contribution in [0.25, 0.3) is 0 Å². The SMILES string of the molecule is Cc1ccc(NC(=O)c2cnc(N3CCCCC3)nc2)cc1Cl. The van der Waals surface area contributed by atoms with Gasteiger partial charge in [0, 0.05) is 36.2 Å². The predicted octanol–water partition coefficient (Wildman–Crippen LogP) is 3.68. The van der Waals surface area contributed by atoms with Crippen molar-refractivity contribution in [2.24, 2.45) is 0 Å². The van der Waals surface area contributed by atoms with Crippen LogP contribution in [0.1, 0.15) is 35.2 Å². The molecule has 120 valence electrons. The molecule has 1 aliphatic rings. The smallest absolute Gasteiger partial charge is 0.258 e. The second-order valence-electron chi connectivity index (χ2n) is 5.74. The van der Waals surface area contributed by atoms with Crippen LogP contribution < -0.4 is 10.2 Å². The number of piperidine rings is 1. The molecule has 2 heterocycles. The number of hydrogen-bond acceptors (Lipinski definition) is 4. The van der Waals surface area contributed by atoms with Gasteiger partial charge in [-0.15, -0.1) is 0 Å². The van der Waals surface area contributed by atoms with Crippen LogP contribution in [0.3, 0.4) is 0 Å². The maximum absolute atomic E-state index is 12.3. The highest BCUT2D eigenvalue weighted by molar-refractivity contribution is 6.31. The monoisotopic (exact) mass is 330 g/mol. The van der Waals surface area contributed by atoms with Gasteiger partial charge in [-0.1, -0.05) is 17.7 Å². The lowest BCUT2D eigenvalue weighted by atomic mass is 10.1. The number of benzene rings is 1. The molecule has 0 radical (unpaired) electrons. The Bertz CT molecular complexity index is 696. The maximum atomic E-state index is 12.3. The van der Waals surface area contributed by atoms with Crippen molar-refractivity contribution >= 4 is 29.1 Å². The summed E-state index contributed by atoms with van der Waals surface area (Å²) in [4.78, 5) is 23.1. The average Bonchev–Trinajstić information content (AvgIpc) is 2.59. The third kappa shape index (κ3) is 3.79. The summed E-state index contributed by atoms with van der Waals surface area (Å²) in [6, 6.07) is 5.42. The third-order valence-electron chi connectivity index (χ3n) is 3.97. The quantitative estimate of drug-likeness (QED) is 0.932. The van der Waals surface area contributed by atoms with Gasteiger partial charge >= 0.3 is 0 Å². The van der Waals surface area contributed by atoms with E-state index in [4.69, 9.17) is 11.6 Å². The number of carbonyl (C=O) groups is 1. The van der Waals surface area contributed by atoms with Gasteiger partial charge in [0.2, 0.25) is 5.95 Å². The van der Waals surface area contributed by atoms with Crippen molar-refractivity contribution in [3.8, 4) is 0 Å². The molecule has 2 aromatic rings. The number of rotatable bonds is 3. The van der Waals surface area contributed by atoms with Gasteiger partial charge in [-0.05, 0) is 43.9 Å². The van der Waals surface area contributed by atoms with E-state index in [0.29, 0.717) is 22.2 Å². The molecule has 1 aliphatic heterocycles. The molecule has 0 unspecified atom stereocenters. The Morgan fingerprint density at radius 1 is 1.17 bits per heavy atom. The van der Waals surface area contributed by atoms with Gasteiger partial charge in [-0.25, -0.2) is 9.97 Å². The molecule has 1 fully saturated rings. The summed E-state index contributed by atoms with van der Waals surface area (Å²) in [5.74, 6) is 0.453. The number of nitrogens with one attached hydrogen (secondary N) is 1. The van der Waals surface area contributed by atoms with Crippen molar-refractivity contribution in [3.05, 3.63) is 46.7 Å². The van der Waals surface area contributed by atoms with Crippen molar-refractivity contribution in [2.75, 3.05) is 23.3 Å². The normalized spacial score (nSPS) is 14.6. The topological polar surface area (TPSA) is 58.1 Å². The largest absolute Gasteiger partial charge is 0.341 e. The molecule has 3 rings (SSSR count). The fraction of sp³-hybridized carbons (Fsp3) is 0.353. The molecule has 1 aromatic carbocycles. The van der Waals surface area contributed by atoms with Crippen LogP contribution >= 0.6 is 11.6 Å². The fourth-order valence-corrected chi connectivity index (χ4v) is 2.75. The summed E-state index contributed by atoms with van der Waals surface area (Å²) in [6.07, 6.45) is 6.74. The number of aryl methyl sites for hydroxylation is 1. The second-order valence-corrected chi connectivity index (χ2v) is 6.14. The number of amides is 1. The minimum Gasteiger partial charge on any atom is -0.341 e. The zero-order valence-corrected chi connectivity index (χ0v) is 13.8. The first-order valence-corrected chi connectivity index (χ1v) is 8.16. The Hall–Kier alpha value is -2.14. The highest BCUT2D eigenvalue weighted by Gasteiger charge is 2.14. The molecular weight excluding hydrogens is 312 g/mol. The average molecular weight is 331 g/mol. The minimum atomic E-state index is -0.241. The van der Waals surface area contributed by atoms with Crippen LogP contribution in [-0.4, -0.2) is 29.0 Å².